The third kappa shape index (κ3) is 2.49. The molecule has 5 heteroatoms. The molecular formula is C10H13O4S-. The highest BCUT2D eigenvalue weighted by molar-refractivity contribution is 7.85. The van der Waals surface area contributed by atoms with Crippen molar-refractivity contribution < 1.29 is 18.1 Å². The van der Waals surface area contributed by atoms with Crippen molar-refractivity contribution in [1.82, 2.24) is 0 Å². The van der Waals surface area contributed by atoms with Crippen LogP contribution in [0.5, 0.6) is 5.75 Å². The van der Waals surface area contributed by atoms with Gasteiger partial charge in [0.2, 0.25) is 0 Å². The summed E-state index contributed by atoms with van der Waals surface area (Å²) in [6.45, 7) is 5.10. The van der Waals surface area contributed by atoms with Gasteiger partial charge in [-0.1, -0.05) is 13.8 Å². The average molecular weight is 229 g/mol. The Hall–Kier alpha value is -1.07. The first-order valence-corrected chi connectivity index (χ1v) is 5.93. The molecule has 0 saturated carbocycles. The van der Waals surface area contributed by atoms with Crippen molar-refractivity contribution >= 4 is 10.1 Å². The maximum Gasteiger partial charge on any atom is 0.124 e. The SMILES string of the molecule is Cc1cc(O)c(C(C)C)cc1S(=O)(=O)[O-]. The lowest BCUT2D eigenvalue weighted by Crippen LogP contribution is -2.03. The second-order valence-corrected chi connectivity index (χ2v) is 5.13. The number of benzene rings is 1. The predicted molar refractivity (Wildman–Crippen MR) is 54.9 cm³/mol. The van der Waals surface area contributed by atoms with Crippen LogP contribution >= 0.6 is 0 Å². The van der Waals surface area contributed by atoms with Gasteiger partial charge >= 0.3 is 0 Å². The maximum absolute atomic E-state index is 10.9. The Labute approximate surface area is 89.3 Å². The summed E-state index contributed by atoms with van der Waals surface area (Å²) < 4.78 is 32.7. The van der Waals surface area contributed by atoms with E-state index >= 15 is 0 Å². The van der Waals surface area contributed by atoms with Crippen molar-refractivity contribution in [2.45, 2.75) is 31.6 Å². The van der Waals surface area contributed by atoms with E-state index in [1.54, 1.807) is 0 Å². The molecule has 4 nitrogen and oxygen atoms in total. The van der Waals surface area contributed by atoms with Crippen molar-refractivity contribution in [1.29, 1.82) is 0 Å². The van der Waals surface area contributed by atoms with Crippen LogP contribution in [0.4, 0.5) is 0 Å². The highest BCUT2D eigenvalue weighted by Crippen LogP contribution is 2.30. The second kappa shape index (κ2) is 3.83. The van der Waals surface area contributed by atoms with E-state index in [1.165, 1.54) is 19.1 Å². The first kappa shape index (κ1) is 12.0. The van der Waals surface area contributed by atoms with Gasteiger partial charge in [-0.2, -0.15) is 0 Å². The molecule has 0 aliphatic carbocycles. The smallest absolute Gasteiger partial charge is 0.124 e. The van der Waals surface area contributed by atoms with Crippen molar-refractivity contribution in [2.75, 3.05) is 0 Å². The number of hydrogen-bond acceptors (Lipinski definition) is 4. The average Bonchev–Trinajstić information content (AvgIpc) is 2.00. The van der Waals surface area contributed by atoms with Gasteiger partial charge in [-0.15, -0.1) is 0 Å². The van der Waals surface area contributed by atoms with Crippen LogP contribution in [0.15, 0.2) is 17.0 Å². The molecule has 0 heterocycles. The quantitative estimate of drug-likeness (QED) is 0.783. The fourth-order valence-electron chi connectivity index (χ4n) is 1.42. The van der Waals surface area contributed by atoms with Crippen molar-refractivity contribution in [2.24, 2.45) is 0 Å². The molecule has 0 unspecified atom stereocenters. The maximum atomic E-state index is 10.9. The molecule has 0 bridgehead atoms. The zero-order chi connectivity index (χ0) is 11.8. The molecule has 0 fully saturated rings. The third-order valence-corrected chi connectivity index (χ3v) is 3.19. The van der Waals surface area contributed by atoms with Crippen LogP contribution < -0.4 is 0 Å². The third-order valence-electron chi connectivity index (χ3n) is 2.22. The molecule has 0 amide bonds. The lowest BCUT2D eigenvalue weighted by molar-refractivity contribution is 0.456. The molecule has 1 aromatic carbocycles. The van der Waals surface area contributed by atoms with E-state index in [4.69, 9.17) is 0 Å². The number of hydrogen-bond donors (Lipinski definition) is 1. The number of rotatable bonds is 2. The van der Waals surface area contributed by atoms with E-state index < -0.39 is 10.1 Å². The Morgan fingerprint density at radius 1 is 1.33 bits per heavy atom. The topological polar surface area (TPSA) is 77.4 Å². The van der Waals surface area contributed by atoms with Crippen LogP contribution in [0.2, 0.25) is 0 Å². The van der Waals surface area contributed by atoms with Gasteiger partial charge in [0.25, 0.3) is 0 Å². The zero-order valence-electron chi connectivity index (χ0n) is 8.81. The Bertz CT molecular complexity index is 474. The molecule has 15 heavy (non-hydrogen) atoms. The molecule has 0 aromatic heterocycles. The van der Waals surface area contributed by atoms with Crippen LogP contribution in [0.3, 0.4) is 0 Å². The standard InChI is InChI=1S/C10H14O4S/c1-6(2)8-5-10(15(12,13)14)7(3)4-9(8)11/h4-6,11H,1-3H3,(H,12,13,14)/p-1. The Morgan fingerprint density at radius 3 is 2.27 bits per heavy atom. The first-order valence-electron chi connectivity index (χ1n) is 4.53. The van der Waals surface area contributed by atoms with E-state index in [0.717, 1.165) is 0 Å². The van der Waals surface area contributed by atoms with Crippen molar-refractivity contribution in [3.63, 3.8) is 0 Å². The summed E-state index contributed by atoms with van der Waals surface area (Å²) in [5.41, 5.74) is 0.738. The van der Waals surface area contributed by atoms with Gasteiger partial charge in [0.05, 0.1) is 4.90 Å². The van der Waals surface area contributed by atoms with Crippen LogP contribution in [0.1, 0.15) is 30.9 Å². The number of phenols is 1. The van der Waals surface area contributed by atoms with Crippen LogP contribution in [-0.2, 0) is 10.1 Å². The number of aromatic hydroxyl groups is 1. The molecule has 1 rings (SSSR count). The van der Waals surface area contributed by atoms with Gasteiger partial charge in [-0.05, 0) is 36.1 Å². The van der Waals surface area contributed by atoms with E-state index in [0.29, 0.717) is 5.56 Å². The summed E-state index contributed by atoms with van der Waals surface area (Å²) in [4.78, 5) is -0.260. The van der Waals surface area contributed by atoms with E-state index in [-0.39, 0.29) is 22.1 Å². The highest BCUT2D eigenvalue weighted by Gasteiger charge is 2.13. The molecule has 1 N–H and O–H groups in total. The highest BCUT2D eigenvalue weighted by atomic mass is 32.2. The fraction of sp³-hybridized carbons (Fsp3) is 0.400. The lowest BCUT2D eigenvalue weighted by Gasteiger charge is -2.15. The fourth-order valence-corrected chi connectivity index (χ4v) is 2.14. The number of aryl methyl sites for hydroxylation is 1. The summed E-state index contributed by atoms with van der Waals surface area (Å²) >= 11 is 0. The van der Waals surface area contributed by atoms with Crippen LogP contribution in [0.25, 0.3) is 0 Å². The van der Waals surface area contributed by atoms with Gasteiger partial charge in [0, 0.05) is 0 Å². The molecule has 0 atom stereocenters. The minimum absolute atomic E-state index is 0.0231. The molecule has 0 aliphatic heterocycles. The van der Waals surface area contributed by atoms with Gasteiger partial charge < -0.3 is 9.66 Å². The van der Waals surface area contributed by atoms with E-state index in [9.17, 15) is 18.1 Å². The van der Waals surface area contributed by atoms with Gasteiger partial charge in [-0.25, -0.2) is 8.42 Å². The first-order chi connectivity index (χ1) is 6.73. The minimum Gasteiger partial charge on any atom is -0.744 e. The monoisotopic (exact) mass is 229 g/mol. The van der Waals surface area contributed by atoms with E-state index in [1.807, 2.05) is 13.8 Å². The molecule has 1 aromatic rings. The van der Waals surface area contributed by atoms with Crippen LogP contribution in [-0.4, -0.2) is 18.1 Å². The summed E-state index contributed by atoms with van der Waals surface area (Å²) in [5, 5.41) is 9.56. The number of phenolic OH excluding ortho intramolecular Hbond substituents is 1. The molecule has 0 radical (unpaired) electrons. The Kier molecular flexibility index (Phi) is 3.06. The molecule has 0 aliphatic rings. The Morgan fingerprint density at radius 2 is 1.87 bits per heavy atom. The van der Waals surface area contributed by atoms with Crippen molar-refractivity contribution in [3.8, 4) is 5.75 Å². The van der Waals surface area contributed by atoms with Gasteiger partial charge in [0.15, 0.2) is 0 Å². The summed E-state index contributed by atoms with van der Waals surface area (Å²) in [5.74, 6) is -0.0130. The van der Waals surface area contributed by atoms with Gasteiger partial charge in [0.1, 0.15) is 15.9 Å². The van der Waals surface area contributed by atoms with Gasteiger partial charge in [-0.3, -0.25) is 0 Å². The summed E-state index contributed by atoms with van der Waals surface area (Å²) in [6.07, 6.45) is 0. The molecular weight excluding hydrogens is 216 g/mol. The van der Waals surface area contributed by atoms with Crippen LogP contribution in [0, 0.1) is 6.92 Å². The Balaban J connectivity index is 3.50. The lowest BCUT2D eigenvalue weighted by atomic mass is 10.0. The molecule has 84 valence electrons. The van der Waals surface area contributed by atoms with E-state index in [2.05, 4.69) is 0 Å². The summed E-state index contributed by atoms with van der Waals surface area (Å²) in [6, 6.07) is 2.55. The second-order valence-electron chi connectivity index (χ2n) is 3.79. The normalized spacial score (nSPS) is 12.1. The largest absolute Gasteiger partial charge is 0.744 e. The molecule has 0 saturated heterocycles. The summed E-state index contributed by atoms with van der Waals surface area (Å²) in [7, 11) is -4.47. The zero-order valence-corrected chi connectivity index (χ0v) is 9.63. The van der Waals surface area contributed by atoms with Crippen molar-refractivity contribution in [3.05, 3.63) is 23.3 Å². The minimum atomic E-state index is -4.47. The molecule has 0 spiro atoms. The predicted octanol–water partition coefficient (Wildman–Crippen LogP) is 1.73.